The first kappa shape index (κ1) is 23.4. The Bertz CT molecular complexity index is 1420. The van der Waals surface area contributed by atoms with Crippen molar-refractivity contribution in [3.8, 4) is 0 Å². The molecule has 0 saturated heterocycles. The second kappa shape index (κ2) is 8.88. The minimum Gasteiger partial charge on any atom is -0.395 e. The van der Waals surface area contributed by atoms with Crippen molar-refractivity contribution in [2.45, 2.75) is 17.0 Å². The molecule has 0 fully saturated rings. The molecular formula is C23H18N2O8S. The highest BCUT2D eigenvalue weighted by molar-refractivity contribution is 7.89. The molecule has 0 amide bonds. The van der Waals surface area contributed by atoms with Gasteiger partial charge in [-0.2, -0.15) is 0 Å². The summed E-state index contributed by atoms with van der Waals surface area (Å²) in [5.41, 5.74) is 0.349. The van der Waals surface area contributed by atoms with Crippen molar-refractivity contribution in [1.29, 1.82) is 0 Å². The highest BCUT2D eigenvalue weighted by atomic mass is 32.2. The predicted molar refractivity (Wildman–Crippen MR) is 119 cm³/mol. The Morgan fingerprint density at radius 1 is 0.882 bits per heavy atom. The van der Waals surface area contributed by atoms with Gasteiger partial charge in [0.1, 0.15) is 0 Å². The molecule has 34 heavy (non-hydrogen) atoms. The molecule has 10 nitrogen and oxygen atoms in total. The first-order valence-electron chi connectivity index (χ1n) is 10.0. The number of sulfonamides is 1. The van der Waals surface area contributed by atoms with E-state index in [2.05, 4.69) is 4.72 Å². The van der Waals surface area contributed by atoms with Gasteiger partial charge in [-0.25, -0.2) is 13.1 Å². The van der Waals surface area contributed by atoms with Crippen molar-refractivity contribution in [3.63, 3.8) is 0 Å². The first-order valence-corrected chi connectivity index (χ1v) is 11.5. The van der Waals surface area contributed by atoms with Crippen LogP contribution in [0, 0.1) is 10.1 Å². The fraction of sp³-hybridized carbons (Fsp3) is 0.130. The lowest BCUT2D eigenvalue weighted by molar-refractivity contribution is -0.384. The quantitative estimate of drug-likeness (QED) is 0.265. The highest BCUT2D eigenvalue weighted by Gasteiger charge is 2.32. The topological polar surface area (TPSA) is 164 Å². The summed E-state index contributed by atoms with van der Waals surface area (Å²) >= 11 is 0. The second-order valence-electron chi connectivity index (χ2n) is 7.62. The van der Waals surface area contributed by atoms with Crippen molar-refractivity contribution in [2.75, 3.05) is 6.61 Å². The number of carbonyl (C=O) groups excluding carboxylic acids is 2. The summed E-state index contributed by atoms with van der Waals surface area (Å²) in [6.45, 7) is -0.785. The van der Waals surface area contributed by atoms with Gasteiger partial charge in [0.25, 0.3) is 5.69 Å². The number of benzene rings is 3. The minimum atomic E-state index is -4.34. The average molecular weight is 482 g/mol. The maximum absolute atomic E-state index is 13.0. The van der Waals surface area contributed by atoms with Gasteiger partial charge in [-0.3, -0.25) is 19.7 Å². The molecule has 3 aromatic rings. The van der Waals surface area contributed by atoms with Gasteiger partial charge in [0.2, 0.25) is 10.0 Å². The Morgan fingerprint density at radius 2 is 1.44 bits per heavy atom. The second-order valence-corrected chi connectivity index (χ2v) is 9.33. The largest absolute Gasteiger partial charge is 0.395 e. The molecule has 1 aliphatic rings. The number of ketones is 2. The van der Waals surface area contributed by atoms with Crippen molar-refractivity contribution in [3.05, 3.63) is 105 Å². The Balaban J connectivity index is 1.62. The molecule has 1 aliphatic carbocycles. The van der Waals surface area contributed by atoms with Crippen LogP contribution in [0.3, 0.4) is 0 Å². The van der Waals surface area contributed by atoms with E-state index >= 15 is 0 Å². The van der Waals surface area contributed by atoms with Crippen LogP contribution in [0.1, 0.15) is 43.5 Å². The minimum absolute atomic E-state index is 0.0666. The van der Waals surface area contributed by atoms with E-state index in [1.807, 2.05) is 0 Å². The monoisotopic (exact) mass is 482 g/mol. The van der Waals surface area contributed by atoms with Gasteiger partial charge in [0, 0.05) is 34.4 Å². The zero-order chi connectivity index (χ0) is 24.6. The smallest absolute Gasteiger partial charge is 0.269 e. The van der Waals surface area contributed by atoms with E-state index in [0.717, 1.165) is 24.3 Å². The maximum atomic E-state index is 13.0. The molecule has 0 bridgehead atoms. The van der Waals surface area contributed by atoms with Crippen molar-refractivity contribution in [1.82, 2.24) is 4.72 Å². The van der Waals surface area contributed by atoms with Crippen molar-refractivity contribution < 1.29 is 33.1 Å². The average Bonchev–Trinajstić information content (AvgIpc) is 2.85. The SMILES string of the molecule is O=C1c2ccccc2C(=O)c2cc(S(=O)(=O)NC(CO)C(O)c3ccc([N+](=O)[O-])cc3)ccc21. The fourth-order valence-corrected chi connectivity index (χ4v) is 5.00. The van der Waals surface area contributed by atoms with Crippen LogP contribution in [0.2, 0.25) is 0 Å². The number of aliphatic hydroxyl groups excluding tert-OH is 2. The Kier molecular flexibility index (Phi) is 6.11. The number of hydrogen-bond donors (Lipinski definition) is 3. The normalized spacial score (nSPS) is 14.8. The summed E-state index contributed by atoms with van der Waals surface area (Å²) < 4.78 is 28.2. The summed E-state index contributed by atoms with van der Waals surface area (Å²) in [6.07, 6.45) is -1.52. The number of non-ortho nitro benzene ring substituents is 1. The highest BCUT2D eigenvalue weighted by Crippen LogP contribution is 2.29. The number of hydrogen-bond acceptors (Lipinski definition) is 8. The Morgan fingerprint density at radius 3 is 2.00 bits per heavy atom. The predicted octanol–water partition coefficient (Wildman–Crippen LogP) is 1.74. The number of aliphatic hydroxyl groups is 2. The van der Waals surface area contributed by atoms with Gasteiger partial charge in [-0.05, 0) is 35.9 Å². The number of nitrogens with one attached hydrogen (secondary N) is 1. The van der Waals surface area contributed by atoms with Crippen LogP contribution in [0.5, 0.6) is 0 Å². The summed E-state index contributed by atoms with van der Waals surface area (Å²) in [4.78, 5) is 35.5. The molecule has 174 valence electrons. The van der Waals surface area contributed by atoms with E-state index in [1.54, 1.807) is 12.1 Å². The molecule has 2 unspecified atom stereocenters. The van der Waals surface area contributed by atoms with Gasteiger partial charge in [-0.15, -0.1) is 0 Å². The molecule has 0 heterocycles. The molecule has 3 N–H and O–H groups in total. The number of nitrogens with zero attached hydrogens (tertiary/aromatic N) is 1. The molecule has 0 radical (unpaired) electrons. The van der Waals surface area contributed by atoms with E-state index in [9.17, 15) is 38.3 Å². The van der Waals surface area contributed by atoms with Crippen LogP contribution in [0.15, 0.2) is 71.6 Å². The van der Waals surface area contributed by atoms with Crippen LogP contribution >= 0.6 is 0 Å². The van der Waals surface area contributed by atoms with Crippen LogP contribution < -0.4 is 4.72 Å². The van der Waals surface area contributed by atoms with Crippen molar-refractivity contribution >= 4 is 27.3 Å². The van der Waals surface area contributed by atoms with Crippen LogP contribution in [0.4, 0.5) is 5.69 Å². The van der Waals surface area contributed by atoms with E-state index in [4.69, 9.17) is 0 Å². The summed E-state index contributed by atoms with van der Waals surface area (Å²) in [5.74, 6) is -0.893. The number of nitro groups is 1. The van der Waals surface area contributed by atoms with E-state index < -0.39 is 45.3 Å². The first-order chi connectivity index (χ1) is 16.1. The van der Waals surface area contributed by atoms with Gasteiger partial charge in [0.05, 0.1) is 28.6 Å². The lowest BCUT2D eigenvalue weighted by Gasteiger charge is -2.23. The molecule has 0 saturated carbocycles. The Labute approximate surface area is 193 Å². The lowest BCUT2D eigenvalue weighted by atomic mass is 9.84. The van der Waals surface area contributed by atoms with E-state index in [1.165, 1.54) is 30.3 Å². The number of carbonyl (C=O) groups is 2. The third-order valence-corrected chi connectivity index (χ3v) is 7.02. The number of nitro benzene ring substituents is 1. The van der Waals surface area contributed by atoms with Gasteiger partial charge in [-0.1, -0.05) is 24.3 Å². The molecule has 0 spiro atoms. The fourth-order valence-electron chi connectivity index (χ4n) is 3.74. The molecule has 3 aromatic carbocycles. The third kappa shape index (κ3) is 4.13. The molecule has 0 aromatic heterocycles. The van der Waals surface area contributed by atoms with Crippen LogP contribution in [-0.4, -0.2) is 47.8 Å². The number of rotatable bonds is 7. The van der Waals surface area contributed by atoms with Crippen LogP contribution in [0.25, 0.3) is 0 Å². The van der Waals surface area contributed by atoms with Gasteiger partial charge in [0.15, 0.2) is 11.6 Å². The lowest BCUT2D eigenvalue weighted by Crippen LogP contribution is -2.42. The summed E-state index contributed by atoms with van der Waals surface area (Å²) in [7, 11) is -4.34. The standard InChI is InChI=1S/C23H18N2O8S/c26-12-20(21(27)13-5-7-14(8-6-13)25(30)31)24-34(32,33)15-9-10-18-19(11-15)23(29)17-4-2-1-3-16(17)22(18)28/h1-11,20-21,24,26-27H,12H2. The van der Waals surface area contributed by atoms with Gasteiger partial charge >= 0.3 is 0 Å². The summed E-state index contributed by atoms with van der Waals surface area (Å²) in [6, 6.07) is 13.1. The number of fused-ring (bicyclic) bond motifs is 2. The zero-order valence-corrected chi connectivity index (χ0v) is 18.2. The summed E-state index contributed by atoms with van der Waals surface area (Å²) in [5, 5.41) is 31.0. The van der Waals surface area contributed by atoms with E-state index in [0.29, 0.717) is 0 Å². The molecular weight excluding hydrogens is 464 g/mol. The molecule has 4 rings (SSSR count). The van der Waals surface area contributed by atoms with Crippen molar-refractivity contribution in [2.24, 2.45) is 0 Å². The van der Waals surface area contributed by atoms with Crippen LogP contribution in [-0.2, 0) is 10.0 Å². The Hall–Kier alpha value is -3.77. The third-order valence-electron chi connectivity index (χ3n) is 5.54. The molecule has 11 heteroatoms. The maximum Gasteiger partial charge on any atom is 0.269 e. The van der Waals surface area contributed by atoms with Gasteiger partial charge < -0.3 is 10.2 Å². The molecule has 2 atom stereocenters. The van der Waals surface area contributed by atoms with E-state index in [-0.39, 0.29) is 38.4 Å². The molecule has 0 aliphatic heterocycles. The zero-order valence-electron chi connectivity index (χ0n) is 17.4.